The molecule has 1 heterocycles. The summed E-state index contributed by atoms with van der Waals surface area (Å²) in [5, 5.41) is 13.6. The number of hydrogen-bond donors (Lipinski definition) is 0. The number of rotatable bonds is 2. The fraction of sp³-hybridized carbons (Fsp3) is 0.250. The van der Waals surface area contributed by atoms with Gasteiger partial charge in [-0.15, -0.1) is 3.89 Å². The van der Waals surface area contributed by atoms with E-state index in [0.717, 1.165) is 10.3 Å². The van der Waals surface area contributed by atoms with Crippen LogP contribution in [0, 0.1) is 17.0 Å². The maximum Gasteiger partial charge on any atom is 0.311 e. The minimum Gasteiger partial charge on any atom is -0.258 e. The van der Waals surface area contributed by atoms with Crippen molar-refractivity contribution in [1.82, 2.24) is 9.19 Å². The first-order valence-electron chi connectivity index (χ1n) is 2.65. The average molecular weight is 177 g/mol. The van der Waals surface area contributed by atoms with Crippen LogP contribution in [0.2, 0.25) is 0 Å². The lowest BCUT2D eigenvalue weighted by Gasteiger charge is -1.90. The van der Waals surface area contributed by atoms with Gasteiger partial charge in [0.2, 0.25) is 0 Å². The lowest BCUT2D eigenvalue weighted by Crippen LogP contribution is -1.91. The molecule has 0 spiro atoms. The van der Waals surface area contributed by atoms with Crippen LogP contribution >= 0.6 is 12.3 Å². The Bertz CT molecular complexity index is 287. The molecule has 0 unspecified atom stereocenters. The molecule has 1 aromatic heterocycles. The number of nitro groups is 1. The molecular weight excluding hydrogens is 173 g/mol. The Hall–Kier alpha value is -1.11. The largest absolute Gasteiger partial charge is 0.311 e. The number of halogens is 1. The fourth-order valence-electron chi connectivity index (χ4n) is 0.634. The van der Waals surface area contributed by atoms with E-state index in [1.165, 1.54) is 6.92 Å². The van der Waals surface area contributed by atoms with Gasteiger partial charge in [0.15, 0.2) is 12.3 Å². The Balaban J connectivity index is 3.10. The summed E-state index contributed by atoms with van der Waals surface area (Å²) >= 11 is -0.165. The third-order valence-corrected chi connectivity index (χ3v) is 1.70. The van der Waals surface area contributed by atoms with Crippen molar-refractivity contribution in [3.05, 3.63) is 22.0 Å². The summed E-state index contributed by atoms with van der Waals surface area (Å²) in [4.78, 5) is 9.57. The van der Waals surface area contributed by atoms with Crippen molar-refractivity contribution in [2.75, 3.05) is 0 Å². The maximum absolute atomic E-state index is 11.9. The van der Waals surface area contributed by atoms with E-state index in [2.05, 4.69) is 5.10 Å². The molecule has 0 atom stereocenters. The van der Waals surface area contributed by atoms with Crippen LogP contribution in [0.3, 0.4) is 0 Å². The summed E-state index contributed by atoms with van der Waals surface area (Å²) < 4.78 is 12.7. The van der Waals surface area contributed by atoms with Gasteiger partial charge in [-0.3, -0.25) is 10.1 Å². The third kappa shape index (κ3) is 1.32. The zero-order valence-electron chi connectivity index (χ0n) is 5.52. The Morgan fingerprint density at radius 2 is 2.55 bits per heavy atom. The van der Waals surface area contributed by atoms with Gasteiger partial charge < -0.3 is 0 Å². The van der Waals surface area contributed by atoms with Gasteiger partial charge in [0.05, 0.1) is 4.92 Å². The molecule has 0 bridgehead atoms. The molecule has 0 saturated carbocycles. The molecule has 0 aliphatic carbocycles. The Kier molecular flexibility index (Phi) is 2.08. The van der Waals surface area contributed by atoms with E-state index in [1.54, 1.807) is 0 Å². The zero-order chi connectivity index (χ0) is 8.43. The Morgan fingerprint density at radius 1 is 1.91 bits per heavy atom. The first-order valence-corrected chi connectivity index (χ1v) is 3.32. The Labute approximate surface area is 65.8 Å². The second kappa shape index (κ2) is 2.87. The van der Waals surface area contributed by atoms with E-state index in [4.69, 9.17) is 0 Å². The van der Waals surface area contributed by atoms with Crippen molar-refractivity contribution < 1.29 is 8.81 Å². The number of aromatic nitrogens is 2. The van der Waals surface area contributed by atoms with Crippen molar-refractivity contribution in [3.8, 4) is 0 Å². The van der Waals surface area contributed by atoms with E-state index in [-0.39, 0.29) is 23.7 Å². The Morgan fingerprint density at radius 3 is 2.82 bits per heavy atom. The quantitative estimate of drug-likeness (QED) is 0.507. The minimum atomic E-state index is -0.602. The number of hydrogen-bond acceptors (Lipinski definition) is 4. The molecular formula is C4H4FN3O2S. The van der Waals surface area contributed by atoms with Gasteiger partial charge in [-0.1, -0.05) is 0 Å². The normalized spacial score (nSPS) is 10.0. The van der Waals surface area contributed by atoms with Crippen LogP contribution in [-0.2, 0) is 0 Å². The van der Waals surface area contributed by atoms with Gasteiger partial charge in [-0.05, 0) is 6.92 Å². The third-order valence-electron chi connectivity index (χ3n) is 1.20. The van der Waals surface area contributed by atoms with Crippen LogP contribution in [0.4, 0.5) is 9.57 Å². The molecule has 60 valence electrons. The molecule has 1 rings (SSSR count). The lowest BCUT2D eigenvalue weighted by molar-refractivity contribution is -0.385. The van der Waals surface area contributed by atoms with Gasteiger partial charge in [0.25, 0.3) is 0 Å². The van der Waals surface area contributed by atoms with E-state index in [9.17, 15) is 14.0 Å². The predicted molar refractivity (Wildman–Crippen MR) is 37.7 cm³/mol. The molecule has 0 aliphatic rings. The topological polar surface area (TPSA) is 61.0 Å². The van der Waals surface area contributed by atoms with Gasteiger partial charge >= 0.3 is 5.69 Å². The zero-order valence-corrected chi connectivity index (χ0v) is 6.34. The minimum absolute atomic E-state index is 0.165. The second-order valence-corrected chi connectivity index (χ2v) is 2.30. The highest BCUT2D eigenvalue weighted by molar-refractivity contribution is 7.92. The lowest BCUT2D eigenvalue weighted by atomic mass is 10.4. The first kappa shape index (κ1) is 7.99. The van der Waals surface area contributed by atoms with Crippen molar-refractivity contribution in [2.45, 2.75) is 6.92 Å². The highest BCUT2D eigenvalue weighted by Crippen LogP contribution is 2.20. The molecule has 11 heavy (non-hydrogen) atoms. The standard InChI is InChI=1S/C4H4FN3O2S/c1-3-4(8(9)10)2-6-7(3)11-5/h2H,1H3. The van der Waals surface area contributed by atoms with Crippen molar-refractivity contribution in [2.24, 2.45) is 0 Å². The van der Waals surface area contributed by atoms with Gasteiger partial charge in [-0.2, -0.15) is 9.19 Å². The molecule has 0 saturated heterocycles. The highest BCUT2D eigenvalue weighted by Gasteiger charge is 2.16. The molecule has 0 amide bonds. The van der Waals surface area contributed by atoms with Crippen LogP contribution in [0.25, 0.3) is 0 Å². The molecule has 0 radical (unpaired) electrons. The van der Waals surface area contributed by atoms with Gasteiger partial charge in [-0.25, -0.2) is 0 Å². The van der Waals surface area contributed by atoms with Crippen molar-refractivity contribution in [3.63, 3.8) is 0 Å². The first-order chi connectivity index (χ1) is 5.16. The summed E-state index contributed by atoms with van der Waals surface area (Å²) in [7, 11) is 0. The van der Waals surface area contributed by atoms with E-state index in [0.29, 0.717) is 0 Å². The summed E-state index contributed by atoms with van der Waals surface area (Å²) in [5.41, 5.74) is 0.0256. The molecule has 0 N–H and O–H groups in total. The highest BCUT2D eigenvalue weighted by atomic mass is 32.2. The molecule has 5 nitrogen and oxygen atoms in total. The van der Waals surface area contributed by atoms with Crippen LogP contribution in [0.15, 0.2) is 6.20 Å². The van der Waals surface area contributed by atoms with Crippen LogP contribution in [-0.4, -0.2) is 14.1 Å². The summed E-state index contributed by atoms with van der Waals surface area (Å²) in [6, 6.07) is 0. The summed E-state index contributed by atoms with van der Waals surface area (Å²) in [6.07, 6.45) is 1.02. The second-order valence-electron chi connectivity index (χ2n) is 1.81. The number of nitrogens with zero attached hydrogens (tertiary/aromatic N) is 3. The van der Waals surface area contributed by atoms with Gasteiger partial charge in [0, 0.05) is 0 Å². The monoisotopic (exact) mass is 177 g/mol. The summed E-state index contributed by atoms with van der Waals surface area (Å²) in [5.74, 6) is 0. The molecule has 0 aliphatic heterocycles. The maximum atomic E-state index is 11.9. The molecule has 0 aromatic carbocycles. The van der Waals surface area contributed by atoms with Crippen LogP contribution in [0.1, 0.15) is 5.69 Å². The fourth-order valence-corrected chi connectivity index (χ4v) is 0.914. The van der Waals surface area contributed by atoms with Crippen molar-refractivity contribution in [1.29, 1.82) is 0 Å². The van der Waals surface area contributed by atoms with E-state index in [1.807, 2.05) is 0 Å². The smallest absolute Gasteiger partial charge is 0.258 e. The van der Waals surface area contributed by atoms with Crippen LogP contribution < -0.4 is 0 Å². The van der Waals surface area contributed by atoms with Gasteiger partial charge in [0.1, 0.15) is 11.9 Å². The average Bonchev–Trinajstić information content (AvgIpc) is 2.30. The van der Waals surface area contributed by atoms with E-state index < -0.39 is 4.92 Å². The summed E-state index contributed by atoms with van der Waals surface area (Å²) in [6.45, 7) is 1.43. The van der Waals surface area contributed by atoms with Crippen LogP contribution in [0.5, 0.6) is 0 Å². The SMILES string of the molecule is Cc1c([N+](=O)[O-])cnn1SF. The van der Waals surface area contributed by atoms with E-state index >= 15 is 0 Å². The molecule has 0 fully saturated rings. The van der Waals surface area contributed by atoms with Crippen molar-refractivity contribution >= 4 is 18.0 Å². The molecule has 1 aromatic rings. The predicted octanol–water partition coefficient (Wildman–Crippen LogP) is 1.48. The molecule has 7 heteroatoms.